The molecule has 2 aromatic carbocycles. The van der Waals surface area contributed by atoms with Crippen LogP contribution in [0.5, 0.6) is 0 Å². The van der Waals surface area contributed by atoms with E-state index in [4.69, 9.17) is 4.74 Å². The SMILES string of the molecule is Cc1ccc(C)c(NC(=O)C(C)OC(=O)c2ccccc2NS(C)(=O)=O)c1. The number of carbonyl (C=O) groups is 2. The Morgan fingerprint density at radius 1 is 1.04 bits per heavy atom. The maximum atomic E-state index is 12.4. The van der Waals surface area contributed by atoms with E-state index in [0.29, 0.717) is 5.69 Å². The van der Waals surface area contributed by atoms with Gasteiger partial charge >= 0.3 is 5.97 Å². The van der Waals surface area contributed by atoms with Crippen LogP contribution in [0.3, 0.4) is 0 Å². The maximum absolute atomic E-state index is 12.4. The molecule has 0 bridgehead atoms. The van der Waals surface area contributed by atoms with Crippen molar-refractivity contribution in [1.29, 1.82) is 0 Å². The van der Waals surface area contributed by atoms with Gasteiger partial charge in [0.1, 0.15) is 0 Å². The molecule has 0 aliphatic carbocycles. The third-order valence-electron chi connectivity index (χ3n) is 3.75. The minimum atomic E-state index is -3.56. The van der Waals surface area contributed by atoms with Crippen LogP contribution in [0.25, 0.3) is 0 Å². The molecular formula is C19H22N2O5S. The number of hydrogen-bond acceptors (Lipinski definition) is 5. The Morgan fingerprint density at radius 2 is 1.70 bits per heavy atom. The van der Waals surface area contributed by atoms with Gasteiger partial charge in [0.25, 0.3) is 5.91 Å². The topological polar surface area (TPSA) is 102 Å². The lowest BCUT2D eigenvalue weighted by Crippen LogP contribution is -2.30. The summed E-state index contributed by atoms with van der Waals surface area (Å²) < 4.78 is 30.3. The fourth-order valence-corrected chi connectivity index (χ4v) is 2.91. The number of sulfonamides is 1. The summed E-state index contributed by atoms with van der Waals surface area (Å²) in [5.41, 5.74) is 2.62. The fraction of sp³-hybridized carbons (Fsp3) is 0.263. The smallest absolute Gasteiger partial charge is 0.341 e. The summed E-state index contributed by atoms with van der Waals surface area (Å²) in [6.45, 7) is 5.22. The summed E-state index contributed by atoms with van der Waals surface area (Å²) in [6, 6.07) is 11.7. The molecular weight excluding hydrogens is 368 g/mol. The van der Waals surface area contributed by atoms with Gasteiger partial charge in [0.15, 0.2) is 6.10 Å². The van der Waals surface area contributed by atoms with Crippen molar-refractivity contribution < 1.29 is 22.7 Å². The first-order valence-electron chi connectivity index (χ1n) is 8.23. The van der Waals surface area contributed by atoms with Gasteiger partial charge in [0, 0.05) is 5.69 Å². The molecule has 8 heteroatoms. The lowest BCUT2D eigenvalue weighted by molar-refractivity contribution is -0.123. The molecule has 0 saturated carbocycles. The fourth-order valence-electron chi connectivity index (χ4n) is 2.33. The zero-order chi connectivity index (χ0) is 20.2. The number of amides is 1. The molecule has 0 fully saturated rings. The summed E-state index contributed by atoms with van der Waals surface area (Å²) in [5, 5.41) is 2.73. The van der Waals surface area contributed by atoms with E-state index in [1.54, 1.807) is 12.1 Å². The van der Waals surface area contributed by atoms with Gasteiger partial charge in [-0.05, 0) is 50.1 Å². The number of rotatable bonds is 6. The molecule has 0 spiro atoms. The molecule has 2 rings (SSSR count). The summed E-state index contributed by atoms with van der Waals surface area (Å²) in [7, 11) is -3.56. The van der Waals surface area contributed by atoms with Gasteiger partial charge in [-0.25, -0.2) is 13.2 Å². The maximum Gasteiger partial charge on any atom is 0.341 e. The first kappa shape index (κ1) is 20.4. The molecule has 0 saturated heterocycles. The highest BCUT2D eigenvalue weighted by atomic mass is 32.2. The summed E-state index contributed by atoms with van der Waals surface area (Å²) in [5.74, 6) is -1.28. The summed E-state index contributed by atoms with van der Waals surface area (Å²) in [4.78, 5) is 24.8. The molecule has 1 atom stereocenters. The van der Waals surface area contributed by atoms with E-state index in [-0.39, 0.29) is 11.3 Å². The van der Waals surface area contributed by atoms with E-state index in [2.05, 4.69) is 10.0 Å². The van der Waals surface area contributed by atoms with Crippen LogP contribution in [0.4, 0.5) is 11.4 Å². The molecule has 2 N–H and O–H groups in total. The molecule has 27 heavy (non-hydrogen) atoms. The highest BCUT2D eigenvalue weighted by molar-refractivity contribution is 7.92. The molecule has 1 unspecified atom stereocenters. The molecule has 0 aliphatic rings. The van der Waals surface area contributed by atoms with Gasteiger partial charge in [0.05, 0.1) is 17.5 Å². The summed E-state index contributed by atoms with van der Waals surface area (Å²) in [6.07, 6.45) is -0.0845. The van der Waals surface area contributed by atoms with Gasteiger partial charge in [0.2, 0.25) is 10.0 Å². The average molecular weight is 390 g/mol. The predicted molar refractivity (Wildman–Crippen MR) is 104 cm³/mol. The number of benzene rings is 2. The van der Waals surface area contributed by atoms with E-state index >= 15 is 0 Å². The lowest BCUT2D eigenvalue weighted by atomic mass is 10.1. The van der Waals surface area contributed by atoms with Crippen LogP contribution in [0.1, 0.15) is 28.4 Å². The van der Waals surface area contributed by atoms with E-state index < -0.39 is 28.0 Å². The molecule has 7 nitrogen and oxygen atoms in total. The number of esters is 1. The molecule has 2 aromatic rings. The Bertz CT molecular complexity index is 970. The Kier molecular flexibility index (Phi) is 6.22. The Balaban J connectivity index is 2.11. The highest BCUT2D eigenvalue weighted by Crippen LogP contribution is 2.19. The Hall–Kier alpha value is -2.87. The first-order valence-corrected chi connectivity index (χ1v) is 10.1. The van der Waals surface area contributed by atoms with Crippen LogP contribution in [0, 0.1) is 13.8 Å². The van der Waals surface area contributed by atoms with Gasteiger partial charge in [-0.15, -0.1) is 0 Å². The summed E-state index contributed by atoms with van der Waals surface area (Å²) >= 11 is 0. The Labute approximate surface area is 158 Å². The number of anilines is 2. The zero-order valence-electron chi connectivity index (χ0n) is 15.6. The average Bonchev–Trinajstić information content (AvgIpc) is 2.57. The standard InChI is InChI=1S/C19H22N2O5S/c1-12-9-10-13(2)17(11-12)20-18(22)14(3)26-19(23)15-7-5-6-8-16(15)21-27(4,24)25/h5-11,14,21H,1-4H3,(H,20,22). The van der Waals surface area contributed by atoms with Crippen LogP contribution in [-0.4, -0.2) is 32.7 Å². The van der Waals surface area contributed by atoms with Crippen LogP contribution >= 0.6 is 0 Å². The lowest BCUT2D eigenvalue weighted by Gasteiger charge is -2.16. The molecule has 0 aromatic heterocycles. The molecule has 0 radical (unpaired) electrons. The minimum Gasteiger partial charge on any atom is -0.449 e. The number of hydrogen-bond donors (Lipinski definition) is 2. The second-order valence-electron chi connectivity index (χ2n) is 6.27. The second kappa shape index (κ2) is 8.22. The number of nitrogens with one attached hydrogen (secondary N) is 2. The van der Waals surface area contributed by atoms with E-state index in [0.717, 1.165) is 17.4 Å². The highest BCUT2D eigenvalue weighted by Gasteiger charge is 2.22. The molecule has 144 valence electrons. The third kappa shape index (κ3) is 5.82. The van der Waals surface area contributed by atoms with Crippen molar-refractivity contribution in [2.24, 2.45) is 0 Å². The van der Waals surface area contributed by atoms with Crippen LogP contribution < -0.4 is 10.0 Å². The van der Waals surface area contributed by atoms with Gasteiger partial charge in [-0.2, -0.15) is 0 Å². The van der Waals surface area contributed by atoms with Gasteiger partial charge < -0.3 is 10.1 Å². The van der Waals surface area contributed by atoms with E-state index in [1.807, 2.05) is 32.0 Å². The largest absolute Gasteiger partial charge is 0.449 e. The number of carbonyl (C=O) groups excluding carboxylic acids is 2. The molecule has 0 heterocycles. The zero-order valence-corrected chi connectivity index (χ0v) is 16.4. The number of para-hydroxylation sites is 1. The van der Waals surface area contributed by atoms with Crippen molar-refractivity contribution in [3.63, 3.8) is 0 Å². The van der Waals surface area contributed by atoms with Crippen molar-refractivity contribution in [3.8, 4) is 0 Å². The number of aryl methyl sites for hydroxylation is 2. The normalized spacial score (nSPS) is 12.1. The van der Waals surface area contributed by atoms with E-state index in [9.17, 15) is 18.0 Å². The van der Waals surface area contributed by atoms with Crippen molar-refractivity contribution >= 4 is 33.3 Å². The van der Waals surface area contributed by atoms with Crippen molar-refractivity contribution in [2.75, 3.05) is 16.3 Å². The van der Waals surface area contributed by atoms with Crippen LogP contribution in [0.15, 0.2) is 42.5 Å². The van der Waals surface area contributed by atoms with E-state index in [1.165, 1.54) is 19.1 Å². The molecule has 1 amide bonds. The van der Waals surface area contributed by atoms with Crippen LogP contribution in [0.2, 0.25) is 0 Å². The van der Waals surface area contributed by atoms with Crippen LogP contribution in [-0.2, 0) is 19.6 Å². The Morgan fingerprint density at radius 3 is 2.37 bits per heavy atom. The van der Waals surface area contributed by atoms with Gasteiger partial charge in [-0.1, -0.05) is 24.3 Å². The second-order valence-corrected chi connectivity index (χ2v) is 8.02. The number of ether oxygens (including phenoxy) is 1. The quantitative estimate of drug-likeness (QED) is 0.739. The van der Waals surface area contributed by atoms with Crippen molar-refractivity contribution in [1.82, 2.24) is 0 Å². The third-order valence-corrected chi connectivity index (χ3v) is 4.34. The van der Waals surface area contributed by atoms with Gasteiger partial charge in [-0.3, -0.25) is 9.52 Å². The van der Waals surface area contributed by atoms with Crippen molar-refractivity contribution in [3.05, 3.63) is 59.2 Å². The molecule has 0 aliphatic heterocycles. The minimum absolute atomic E-state index is 0.0225. The first-order chi connectivity index (χ1) is 12.6. The monoisotopic (exact) mass is 390 g/mol. The van der Waals surface area contributed by atoms with Crippen molar-refractivity contribution in [2.45, 2.75) is 26.9 Å². The predicted octanol–water partition coefficient (Wildman–Crippen LogP) is 2.86.